The second-order valence-electron chi connectivity index (χ2n) is 4.11. The molecule has 21 heavy (non-hydrogen) atoms. The molecule has 0 aromatic carbocycles. The second-order valence-corrected chi connectivity index (χ2v) is 4.11. The summed E-state index contributed by atoms with van der Waals surface area (Å²) in [6, 6.07) is 1.99. The Morgan fingerprint density at radius 1 is 1.29 bits per heavy atom. The molecule has 0 aliphatic heterocycles. The van der Waals surface area contributed by atoms with Crippen LogP contribution in [0.1, 0.15) is 26.3 Å². The van der Waals surface area contributed by atoms with E-state index >= 15 is 0 Å². The van der Waals surface area contributed by atoms with Crippen LogP contribution in [0, 0.1) is 6.92 Å². The van der Waals surface area contributed by atoms with Gasteiger partial charge in [-0.25, -0.2) is 0 Å². The molecule has 0 aliphatic carbocycles. The molecule has 0 saturated heterocycles. The Hall–Kier alpha value is -2.42. The van der Waals surface area contributed by atoms with Gasteiger partial charge < -0.3 is 5.32 Å². The van der Waals surface area contributed by atoms with E-state index in [0.29, 0.717) is 11.4 Å². The third-order valence-corrected chi connectivity index (χ3v) is 2.36. The van der Waals surface area contributed by atoms with E-state index in [1.807, 2.05) is 45.9 Å². The Balaban J connectivity index is 0.00000191. The molecule has 112 valence electrons. The Morgan fingerprint density at radius 2 is 1.95 bits per heavy atom. The van der Waals surface area contributed by atoms with E-state index in [0.717, 1.165) is 16.8 Å². The Morgan fingerprint density at radius 3 is 2.48 bits per heavy atom. The quantitative estimate of drug-likeness (QED) is 0.585. The molecular formula is C18H25N3. The highest BCUT2D eigenvalue weighted by Gasteiger charge is 1.99. The summed E-state index contributed by atoms with van der Waals surface area (Å²) in [5.74, 6) is 0. The average molecular weight is 283 g/mol. The lowest BCUT2D eigenvalue weighted by molar-refractivity contribution is 1.25. The van der Waals surface area contributed by atoms with Crippen LogP contribution in [0.4, 0.5) is 5.69 Å². The number of aryl methyl sites for hydroxylation is 1. The van der Waals surface area contributed by atoms with Gasteiger partial charge in [-0.15, -0.1) is 0 Å². The molecule has 0 radical (unpaired) electrons. The molecule has 3 nitrogen and oxygen atoms in total. The lowest BCUT2D eigenvalue weighted by atomic mass is 10.2. The van der Waals surface area contributed by atoms with Gasteiger partial charge in [-0.2, -0.15) is 0 Å². The van der Waals surface area contributed by atoms with Gasteiger partial charge in [0, 0.05) is 11.9 Å². The molecule has 0 saturated carbocycles. The SMILES string of the molecule is C=N/C(=C\C(=C)Nc1cncc(C)c1)C(=C)/C=C\C.CC. The largest absolute Gasteiger partial charge is 0.355 e. The van der Waals surface area contributed by atoms with Crippen molar-refractivity contribution < 1.29 is 0 Å². The van der Waals surface area contributed by atoms with Crippen LogP contribution >= 0.6 is 0 Å². The van der Waals surface area contributed by atoms with E-state index in [4.69, 9.17) is 0 Å². The lowest BCUT2D eigenvalue weighted by Crippen LogP contribution is -1.97. The topological polar surface area (TPSA) is 37.3 Å². The van der Waals surface area contributed by atoms with Crippen LogP contribution in [0.25, 0.3) is 0 Å². The summed E-state index contributed by atoms with van der Waals surface area (Å²) in [5, 5.41) is 3.16. The number of aliphatic imine (C=N–C) groups is 1. The van der Waals surface area contributed by atoms with E-state index in [1.165, 1.54) is 0 Å². The van der Waals surface area contributed by atoms with Gasteiger partial charge in [-0.3, -0.25) is 9.98 Å². The zero-order chi connectivity index (χ0) is 16.3. The summed E-state index contributed by atoms with van der Waals surface area (Å²) in [6.07, 6.45) is 9.13. The van der Waals surface area contributed by atoms with Gasteiger partial charge in [-0.05, 0) is 43.8 Å². The highest BCUT2D eigenvalue weighted by molar-refractivity contribution is 5.53. The highest BCUT2D eigenvalue weighted by atomic mass is 14.9. The third kappa shape index (κ3) is 7.06. The molecule has 0 spiro atoms. The first-order valence-electron chi connectivity index (χ1n) is 6.94. The van der Waals surface area contributed by atoms with Crippen molar-refractivity contribution in [2.24, 2.45) is 4.99 Å². The second kappa shape index (κ2) is 10.4. The van der Waals surface area contributed by atoms with Crippen molar-refractivity contribution >= 4 is 12.4 Å². The Labute approximate surface area is 128 Å². The van der Waals surface area contributed by atoms with E-state index in [9.17, 15) is 0 Å². The van der Waals surface area contributed by atoms with Crippen molar-refractivity contribution in [2.75, 3.05) is 5.32 Å². The Kier molecular flexibility index (Phi) is 9.18. The van der Waals surface area contributed by atoms with Gasteiger partial charge >= 0.3 is 0 Å². The van der Waals surface area contributed by atoms with Gasteiger partial charge in [0.1, 0.15) is 0 Å². The third-order valence-electron chi connectivity index (χ3n) is 2.36. The standard InChI is InChI=1S/C16H19N3.C2H6/c1-6-7-13(3)16(17-5)9-14(4)19-15-8-12(2)10-18-11-15;1-2/h6-11,19H,3-5H2,1-2H3;1-2H3/b7-6-,16-9-;. The number of nitrogens with zero attached hydrogens (tertiary/aromatic N) is 2. The molecule has 0 bridgehead atoms. The van der Waals surface area contributed by atoms with Gasteiger partial charge in [0.25, 0.3) is 0 Å². The first-order valence-corrected chi connectivity index (χ1v) is 6.94. The predicted molar refractivity (Wildman–Crippen MR) is 94.7 cm³/mol. The monoisotopic (exact) mass is 283 g/mol. The predicted octanol–water partition coefficient (Wildman–Crippen LogP) is 5.06. The number of allylic oxidation sites excluding steroid dienone is 3. The van der Waals surface area contributed by atoms with E-state index < -0.39 is 0 Å². The lowest BCUT2D eigenvalue weighted by Gasteiger charge is -2.08. The highest BCUT2D eigenvalue weighted by Crippen LogP contribution is 2.15. The smallest absolute Gasteiger partial charge is 0.0709 e. The minimum absolute atomic E-state index is 0.691. The minimum atomic E-state index is 0.691. The number of hydrogen-bond donors (Lipinski definition) is 1. The normalized spacial score (nSPS) is 10.6. The van der Waals surface area contributed by atoms with Crippen molar-refractivity contribution in [3.05, 3.63) is 72.4 Å². The maximum Gasteiger partial charge on any atom is 0.0709 e. The van der Waals surface area contributed by atoms with Crippen LogP contribution in [0.2, 0.25) is 0 Å². The van der Waals surface area contributed by atoms with Gasteiger partial charge in [0.15, 0.2) is 0 Å². The molecule has 0 aliphatic rings. The number of aromatic nitrogens is 1. The van der Waals surface area contributed by atoms with Crippen molar-refractivity contribution in [2.45, 2.75) is 27.7 Å². The zero-order valence-corrected chi connectivity index (χ0v) is 13.5. The molecule has 1 N–H and O–H groups in total. The molecule has 1 heterocycles. The van der Waals surface area contributed by atoms with Crippen molar-refractivity contribution in [1.82, 2.24) is 4.98 Å². The summed E-state index contributed by atoms with van der Waals surface area (Å²) in [7, 11) is 0. The number of rotatable bonds is 6. The van der Waals surface area contributed by atoms with E-state index in [-0.39, 0.29) is 0 Å². The van der Waals surface area contributed by atoms with Crippen LogP contribution in [-0.4, -0.2) is 11.7 Å². The fourth-order valence-corrected chi connectivity index (χ4v) is 1.54. The van der Waals surface area contributed by atoms with E-state index in [1.54, 1.807) is 18.5 Å². The molecule has 1 aromatic heterocycles. The fraction of sp³-hybridized carbons (Fsp3) is 0.222. The summed E-state index contributed by atoms with van der Waals surface area (Å²) >= 11 is 0. The number of pyridine rings is 1. The minimum Gasteiger partial charge on any atom is -0.355 e. The first kappa shape index (κ1) is 18.6. The van der Waals surface area contributed by atoms with Gasteiger partial charge in [-0.1, -0.05) is 39.2 Å². The molecule has 0 fully saturated rings. The molecule has 1 rings (SSSR count). The van der Waals surface area contributed by atoms with Crippen LogP contribution in [0.15, 0.2) is 71.8 Å². The van der Waals surface area contributed by atoms with Crippen LogP contribution in [0.5, 0.6) is 0 Å². The van der Waals surface area contributed by atoms with Crippen LogP contribution < -0.4 is 5.32 Å². The number of anilines is 1. The van der Waals surface area contributed by atoms with Crippen molar-refractivity contribution in [3.63, 3.8) is 0 Å². The van der Waals surface area contributed by atoms with E-state index in [2.05, 4.69) is 35.2 Å². The molecular weight excluding hydrogens is 258 g/mol. The number of hydrogen-bond acceptors (Lipinski definition) is 3. The molecule has 0 atom stereocenters. The summed E-state index contributed by atoms with van der Waals surface area (Å²) < 4.78 is 0. The van der Waals surface area contributed by atoms with Crippen molar-refractivity contribution in [1.29, 1.82) is 0 Å². The maximum absolute atomic E-state index is 4.11. The molecule has 3 heteroatoms. The summed E-state index contributed by atoms with van der Waals surface area (Å²) in [5.41, 5.74) is 4.17. The van der Waals surface area contributed by atoms with Gasteiger partial charge in [0.2, 0.25) is 0 Å². The zero-order valence-electron chi connectivity index (χ0n) is 13.5. The van der Waals surface area contributed by atoms with Crippen LogP contribution in [0.3, 0.4) is 0 Å². The fourth-order valence-electron chi connectivity index (χ4n) is 1.54. The maximum atomic E-state index is 4.11. The first-order chi connectivity index (χ1) is 10.1. The summed E-state index contributed by atoms with van der Waals surface area (Å²) in [4.78, 5) is 8.06. The van der Waals surface area contributed by atoms with Crippen molar-refractivity contribution in [3.8, 4) is 0 Å². The Bertz CT molecular complexity index is 551. The molecule has 1 aromatic rings. The molecule has 0 unspecified atom stereocenters. The van der Waals surface area contributed by atoms with Gasteiger partial charge in [0.05, 0.1) is 17.6 Å². The summed E-state index contributed by atoms with van der Waals surface area (Å²) in [6.45, 7) is 19.3. The number of nitrogens with one attached hydrogen (secondary N) is 1. The molecule has 0 amide bonds. The average Bonchev–Trinajstić information content (AvgIpc) is 2.47. The van der Waals surface area contributed by atoms with Crippen LogP contribution in [-0.2, 0) is 0 Å².